The molecule has 0 fully saturated rings. The maximum Gasteiger partial charge on any atom is 0.123 e. The summed E-state index contributed by atoms with van der Waals surface area (Å²) in [6, 6.07) is 6.51. The van der Waals surface area contributed by atoms with Gasteiger partial charge in [-0.3, -0.25) is 0 Å². The van der Waals surface area contributed by atoms with Crippen LogP contribution in [0.4, 0.5) is 4.39 Å². The molecule has 0 aromatic heterocycles. The zero-order chi connectivity index (χ0) is 8.97. The third kappa shape index (κ3) is 2.45. The molecule has 0 radical (unpaired) electrons. The van der Waals surface area contributed by atoms with E-state index in [0.717, 1.165) is 16.5 Å². The van der Waals surface area contributed by atoms with Gasteiger partial charge >= 0.3 is 0 Å². The molecule has 12 heavy (non-hydrogen) atoms. The van der Waals surface area contributed by atoms with E-state index in [1.54, 1.807) is 12.1 Å². The second-order valence-corrected chi connectivity index (χ2v) is 3.20. The maximum absolute atomic E-state index is 12.5. The maximum atomic E-state index is 12.5. The van der Waals surface area contributed by atoms with Crippen LogP contribution in [-0.4, -0.2) is 5.33 Å². The van der Waals surface area contributed by atoms with E-state index in [1.807, 2.05) is 13.0 Å². The standard InChI is InChI=1S/C10H10BrF/c1-8(6-7-11)9-2-4-10(12)5-3-9/h2-6H,7H2,1H3/b8-6+. The normalized spacial score (nSPS) is 11.8. The average molecular weight is 229 g/mol. The molecule has 0 spiro atoms. The van der Waals surface area contributed by atoms with Crippen molar-refractivity contribution in [2.45, 2.75) is 6.92 Å². The predicted octanol–water partition coefficient (Wildman–Crippen LogP) is 3.62. The van der Waals surface area contributed by atoms with Gasteiger partial charge in [0.15, 0.2) is 0 Å². The van der Waals surface area contributed by atoms with E-state index in [4.69, 9.17) is 0 Å². The third-order valence-electron chi connectivity index (χ3n) is 1.68. The van der Waals surface area contributed by atoms with Crippen molar-refractivity contribution < 1.29 is 4.39 Å². The zero-order valence-corrected chi connectivity index (χ0v) is 8.44. The molecule has 0 nitrogen and oxygen atoms in total. The first kappa shape index (κ1) is 9.46. The van der Waals surface area contributed by atoms with Crippen LogP contribution in [0.25, 0.3) is 5.57 Å². The monoisotopic (exact) mass is 228 g/mol. The van der Waals surface area contributed by atoms with Gasteiger partial charge in [-0.15, -0.1) is 0 Å². The molecular formula is C10H10BrF. The van der Waals surface area contributed by atoms with Crippen molar-refractivity contribution in [2.24, 2.45) is 0 Å². The lowest BCUT2D eigenvalue weighted by Gasteiger charge is -1.99. The molecule has 0 unspecified atom stereocenters. The summed E-state index contributed by atoms with van der Waals surface area (Å²) in [5.41, 5.74) is 2.22. The molecule has 1 rings (SSSR count). The smallest absolute Gasteiger partial charge is 0.123 e. The highest BCUT2D eigenvalue weighted by atomic mass is 79.9. The second kappa shape index (κ2) is 4.41. The first-order chi connectivity index (χ1) is 5.74. The second-order valence-electron chi connectivity index (χ2n) is 2.55. The first-order valence-electron chi connectivity index (χ1n) is 3.72. The molecule has 0 bridgehead atoms. The minimum absolute atomic E-state index is 0.189. The van der Waals surface area contributed by atoms with Crippen molar-refractivity contribution in [1.82, 2.24) is 0 Å². The Hall–Kier alpha value is -0.630. The summed E-state index contributed by atoms with van der Waals surface area (Å²) in [6.07, 6.45) is 2.05. The Morgan fingerprint density at radius 2 is 2.00 bits per heavy atom. The molecule has 0 aliphatic heterocycles. The first-order valence-corrected chi connectivity index (χ1v) is 4.85. The Morgan fingerprint density at radius 3 is 2.50 bits per heavy atom. The molecule has 2 heteroatoms. The predicted molar refractivity (Wildman–Crippen MR) is 53.8 cm³/mol. The van der Waals surface area contributed by atoms with E-state index in [0.29, 0.717) is 0 Å². The fourth-order valence-electron chi connectivity index (χ4n) is 0.946. The summed E-state index contributed by atoms with van der Waals surface area (Å²) in [5.74, 6) is -0.189. The Morgan fingerprint density at radius 1 is 1.42 bits per heavy atom. The Bertz CT molecular complexity index is 274. The summed E-state index contributed by atoms with van der Waals surface area (Å²) in [7, 11) is 0. The van der Waals surface area contributed by atoms with E-state index in [2.05, 4.69) is 15.9 Å². The average Bonchev–Trinajstić information content (AvgIpc) is 2.06. The van der Waals surface area contributed by atoms with Gasteiger partial charge in [-0.2, -0.15) is 0 Å². The topological polar surface area (TPSA) is 0 Å². The molecule has 1 aromatic carbocycles. The molecule has 0 atom stereocenters. The van der Waals surface area contributed by atoms with Crippen LogP contribution in [0.15, 0.2) is 30.3 Å². The molecule has 0 N–H and O–H groups in total. The van der Waals surface area contributed by atoms with Crippen LogP contribution in [0, 0.1) is 5.82 Å². The van der Waals surface area contributed by atoms with Gasteiger partial charge in [0, 0.05) is 5.33 Å². The van der Waals surface area contributed by atoms with Crippen LogP contribution in [0.3, 0.4) is 0 Å². The Labute approximate surface area is 80.2 Å². The van der Waals surface area contributed by atoms with E-state index in [9.17, 15) is 4.39 Å². The van der Waals surface area contributed by atoms with Crippen LogP contribution in [-0.2, 0) is 0 Å². The number of alkyl halides is 1. The fraction of sp³-hybridized carbons (Fsp3) is 0.200. The van der Waals surface area contributed by atoms with Crippen molar-refractivity contribution in [1.29, 1.82) is 0 Å². The molecule has 0 aliphatic rings. The lowest BCUT2D eigenvalue weighted by Crippen LogP contribution is -1.80. The van der Waals surface area contributed by atoms with E-state index in [-0.39, 0.29) is 5.82 Å². The van der Waals surface area contributed by atoms with Gasteiger partial charge in [0.2, 0.25) is 0 Å². The van der Waals surface area contributed by atoms with Crippen LogP contribution in [0.5, 0.6) is 0 Å². The molecule has 0 amide bonds. The van der Waals surface area contributed by atoms with Gasteiger partial charge in [0.05, 0.1) is 0 Å². The minimum Gasteiger partial charge on any atom is -0.207 e. The molecule has 1 aromatic rings. The van der Waals surface area contributed by atoms with E-state index < -0.39 is 0 Å². The Balaban J connectivity index is 2.89. The van der Waals surface area contributed by atoms with Crippen molar-refractivity contribution >= 4 is 21.5 Å². The highest BCUT2D eigenvalue weighted by molar-refractivity contribution is 9.09. The van der Waals surface area contributed by atoms with Crippen LogP contribution < -0.4 is 0 Å². The Kier molecular flexibility index (Phi) is 3.48. The van der Waals surface area contributed by atoms with Crippen LogP contribution in [0.2, 0.25) is 0 Å². The molecule has 0 saturated carbocycles. The highest BCUT2D eigenvalue weighted by Gasteiger charge is 1.94. The summed E-state index contributed by atoms with van der Waals surface area (Å²) in [6.45, 7) is 2.01. The summed E-state index contributed by atoms with van der Waals surface area (Å²) in [5, 5.41) is 0.830. The van der Waals surface area contributed by atoms with Crippen molar-refractivity contribution in [3.63, 3.8) is 0 Å². The number of allylic oxidation sites excluding steroid dienone is 2. The van der Waals surface area contributed by atoms with Crippen LogP contribution >= 0.6 is 15.9 Å². The molecule has 64 valence electrons. The van der Waals surface area contributed by atoms with Gasteiger partial charge in [-0.05, 0) is 30.2 Å². The highest BCUT2D eigenvalue weighted by Crippen LogP contribution is 2.13. The number of hydrogen-bond acceptors (Lipinski definition) is 0. The number of rotatable bonds is 2. The largest absolute Gasteiger partial charge is 0.207 e. The number of benzene rings is 1. The fourth-order valence-corrected chi connectivity index (χ4v) is 1.43. The van der Waals surface area contributed by atoms with Gasteiger partial charge in [0.1, 0.15) is 5.82 Å². The summed E-state index contributed by atoms with van der Waals surface area (Å²) >= 11 is 3.31. The summed E-state index contributed by atoms with van der Waals surface area (Å²) in [4.78, 5) is 0. The van der Waals surface area contributed by atoms with Crippen molar-refractivity contribution in [3.8, 4) is 0 Å². The van der Waals surface area contributed by atoms with Crippen LogP contribution in [0.1, 0.15) is 12.5 Å². The van der Waals surface area contributed by atoms with Gasteiger partial charge in [-0.1, -0.05) is 34.1 Å². The zero-order valence-electron chi connectivity index (χ0n) is 6.85. The molecule has 0 heterocycles. The van der Waals surface area contributed by atoms with Crippen molar-refractivity contribution in [2.75, 3.05) is 5.33 Å². The van der Waals surface area contributed by atoms with E-state index >= 15 is 0 Å². The molecule has 0 aliphatic carbocycles. The lowest BCUT2D eigenvalue weighted by molar-refractivity contribution is 0.627. The SMILES string of the molecule is C/C(=C\CBr)c1ccc(F)cc1. The summed E-state index contributed by atoms with van der Waals surface area (Å²) < 4.78 is 12.5. The molecule has 0 saturated heterocycles. The van der Waals surface area contributed by atoms with Gasteiger partial charge in [0.25, 0.3) is 0 Å². The number of hydrogen-bond donors (Lipinski definition) is 0. The van der Waals surface area contributed by atoms with Crippen molar-refractivity contribution in [3.05, 3.63) is 41.7 Å². The minimum atomic E-state index is -0.189. The lowest BCUT2D eigenvalue weighted by atomic mass is 10.1. The quantitative estimate of drug-likeness (QED) is 0.679. The molecular weight excluding hydrogens is 219 g/mol. The van der Waals surface area contributed by atoms with Gasteiger partial charge < -0.3 is 0 Å². The van der Waals surface area contributed by atoms with Gasteiger partial charge in [-0.25, -0.2) is 4.39 Å². The third-order valence-corrected chi connectivity index (χ3v) is 2.01. The number of halogens is 2. The van der Waals surface area contributed by atoms with E-state index in [1.165, 1.54) is 12.1 Å².